The number of ether oxygens (including phenoxy) is 1. The Morgan fingerprint density at radius 2 is 1.89 bits per heavy atom. The van der Waals surface area contributed by atoms with Gasteiger partial charge < -0.3 is 14.5 Å². The van der Waals surface area contributed by atoms with E-state index in [4.69, 9.17) is 4.74 Å². The molecule has 0 saturated heterocycles. The zero-order chi connectivity index (χ0) is 21.1. The summed E-state index contributed by atoms with van der Waals surface area (Å²) in [5, 5.41) is 24.1. The fourth-order valence-electron chi connectivity index (χ4n) is 2.08. The molecule has 1 heterocycles. The number of carbonyl (C=O) groups excluding carboxylic acids is 1. The molecule has 0 fully saturated rings. The van der Waals surface area contributed by atoms with Crippen LogP contribution >= 0.6 is 0 Å². The molecule has 1 aromatic carbocycles. The van der Waals surface area contributed by atoms with Crippen LogP contribution in [-0.4, -0.2) is 28.5 Å². The molecule has 0 unspecified atom stereocenters. The van der Waals surface area contributed by atoms with Crippen LogP contribution in [0, 0.1) is 20.2 Å². The van der Waals surface area contributed by atoms with Gasteiger partial charge in [0, 0.05) is 6.07 Å². The van der Waals surface area contributed by atoms with Gasteiger partial charge in [-0.05, 0) is 25.1 Å². The van der Waals surface area contributed by atoms with Crippen LogP contribution in [0.3, 0.4) is 0 Å². The van der Waals surface area contributed by atoms with Crippen LogP contribution in [0.1, 0.15) is 23.0 Å². The van der Waals surface area contributed by atoms with Gasteiger partial charge >= 0.3 is 18.0 Å². The SMILES string of the molecule is C[C@H](CNc1ccc(C(F)(F)F)cc1[N+](=O)[O-])OC(=O)c1ccc([N+](=O)[O-])o1. The van der Waals surface area contributed by atoms with Crippen molar-refractivity contribution >= 4 is 23.2 Å². The predicted octanol–water partition coefficient (Wildman–Crippen LogP) is 3.77. The molecule has 0 aliphatic carbocycles. The first kappa shape index (κ1) is 20.7. The topological polar surface area (TPSA) is 138 Å². The number of benzene rings is 1. The van der Waals surface area contributed by atoms with Crippen LogP contribution in [0.15, 0.2) is 34.7 Å². The first-order valence-electron chi connectivity index (χ1n) is 7.53. The highest BCUT2D eigenvalue weighted by atomic mass is 19.4. The Hall–Kier alpha value is -3.64. The fraction of sp³-hybridized carbons (Fsp3) is 0.267. The number of rotatable bonds is 7. The second kappa shape index (κ2) is 7.94. The van der Waals surface area contributed by atoms with E-state index in [0.29, 0.717) is 12.1 Å². The number of alkyl halides is 3. The lowest BCUT2D eigenvalue weighted by Gasteiger charge is -2.15. The van der Waals surface area contributed by atoms with E-state index in [-0.39, 0.29) is 12.2 Å². The van der Waals surface area contributed by atoms with E-state index in [1.807, 2.05) is 0 Å². The van der Waals surface area contributed by atoms with Crippen LogP contribution in [-0.2, 0) is 10.9 Å². The lowest BCUT2D eigenvalue weighted by molar-refractivity contribution is -0.402. The Kier molecular flexibility index (Phi) is 5.86. The summed E-state index contributed by atoms with van der Waals surface area (Å²) in [6.07, 6.45) is -5.63. The Morgan fingerprint density at radius 1 is 1.21 bits per heavy atom. The van der Waals surface area contributed by atoms with Crippen molar-refractivity contribution < 1.29 is 37.0 Å². The number of hydrogen-bond donors (Lipinski definition) is 1. The Balaban J connectivity index is 2.03. The van der Waals surface area contributed by atoms with Crippen LogP contribution < -0.4 is 5.32 Å². The van der Waals surface area contributed by atoms with Crippen molar-refractivity contribution in [3.8, 4) is 0 Å². The molecule has 2 aromatic rings. The summed E-state index contributed by atoms with van der Waals surface area (Å²) in [5.74, 6) is -2.08. The van der Waals surface area contributed by atoms with Gasteiger partial charge in [0.2, 0.25) is 5.76 Å². The van der Waals surface area contributed by atoms with Crippen LogP contribution in [0.25, 0.3) is 0 Å². The van der Waals surface area contributed by atoms with Gasteiger partial charge in [0.25, 0.3) is 5.69 Å². The summed E-state index contributed by atoms with van der Waals surface area (Å²) in [7, 11) is 0. The molecular weight excluding hydrogens is 391 g/mol. The van der Waals surface area contributed by atoms with Crippen molar-refractivity contribution in [3.05, 3.63) is 61.9 Å². The van der Waals surface area contributed by atoms with Crippen molar-refractivity contribution in [2.45, 2.75) is 19.2 Å². The molecule has 0 saturated carbocycles. The second-order valence-electron chi connectivity index (χ2n) is 5.48. The van der Waals surface area contributed by atoms with Crippen LogP contribution in [0.2, 0.25) is 0 Å². The van der Waals surface area contributed by atoms with Crippen LogP contribution in [0.4, 0.5) is 30.4 Å². The second-order valence-corrected chi connectivity index (χ2v) is 5.48. The van der Waals surface area contributed by atoms with E-state index < -0.39 is 51.0 Å². The number of nitrogens with one attached hydrogen (secondary N) is 1. The first-order chi connectivity index (χ1) is 13.0. The molecule has 28 heavy (non-hydrogen) atoms. The van der Waals surface area contributed by atoms with Crippen molar-refractivity contribution in [1.29, 1.82) is 0 Å². The molecule has 0 spiro atoms. The monoisotopic (exact) mass is 403 g/mol. The number of furan rings is 1. The highest BCUT2D eigenvalue weighted by Crippen LogP contribution is 2.35. The van der Waals surface area contributed by atoms with Crippen molar-refractivity contribution in [2.24, 2.45) is 0 Å². The van der Waals surface area contributed by atoms with Gasteiger partial charge in [0.05, 0.1) is 23.1 Å². The van der Waals surface area contributed by atoms with E-state index in [1.165, 1.54) is 6.92 Å². The van der Waals surface area contributed by atoms with Gasteiger partial charge in [0.1, 0.15) is 16.7 Å². The maximum atomic E-state index is 12.7. The number of nitro groups is 2. The number of nitrogens with zero attached hydrogens (tertiary/aromatic N) is 2. The number of hydrogen-bond acceptors (Lipinski definition) is 8. The molecule has 13 heteroatoms. The average Bonchev–Trinajstić information content (AvgIpc) is 3.09. The Bertz CT molecular complexity index is 911. The molecule has 10 nitrogen and oxygen atoms in total. The number of carbonyl (C=O) groups is 1. The fourth-order valence-corrected chi connectivity index (χ4v) is 2.08. The van der Waals surface area contributed by atoms with Gasteiger partial charge in [-0.15, -0.1) is 0 Å². The van der Waals surface area contributed by atoms with Crippen molar-refractivity contribution in [1.82, 2.24) is 0 Å². The average molecular weight is 403 g/mol. The number of halogens is 3. The molecule has 0 radical (unpaired) electrons. The third kappa shape index (κ3) is 4.96. The van der Waals surface area contributed by atoms with E-state index >= 15 is 0 Å². The maximum Gasteiger partial charge on any atom is 0.433 e. The molecule has 0 bridgehead atoms. The molecule has 1 atom stereocenters. The summed E-state index contributed by atoms with van der Waals surface area (Å²) in [4.78, 5) is 31.5. The zero-order valence-electron chi connectivity index (χ0n) is 14.1. The zero-order valence-corrected chi connectivity index (χ0v) is 14.1. The van der Waals surface area contributed by atoms with Crippen molar-refractivity contribution in [2.75, 3.05) is 11.9 Å². The van der Waals surface area contributed by atoms with Crippen LogP contribution in [0.5, 0.6) is 0 Å². The van der Waals surface area contributed by atoms with Gasteiger partial charge in [-0.3, -0.25) is 20.2 Å². The molecule has 0 amide bonds. The van der Waals surface area contributed by atoms with Gasteiger partial charge in [-0.1, -0.05) is 0 Å². The standard InChI is InChI=1S/C15H12F3N3O7/c1-8(27-14(22)12-4-5-13(28-12)21(25)26)7-19-10-3-2-9(15(16,17)18)6-11(10)20(23)24/h2-6,8,19H,7H2,1H3/t8-/m1/s1. The minimum atomic E-state index is -4.74. The maximum absolute atomic E-state index is 12.7. The third-order valence-electron chi connectivity index (χ3n) is 3.38. The lowest BCUT2D eigenvalue weighted by Crippen LogP contribution is -2.23. The van der Waals surface area contributed by atoms with E-state index in [1.54, 1.807) is 0 Å². The number of nitro benzene ring substituents is 1. The third-order valence-corrected chi connectivity index (χ3v) is 3.38. The summed E-state index contributed by atoms with van der Waals surface area (Å²) < 4.78 is 47.7. The van der Waals surface area contributed by atoms with Crippen molar-refractivity contribution in [3.63, 3.8) is 0 Å². The molecule has 1 aromatic heterocycles. The molecule has 0 aliphatic heterocycles. The molecule has 150 valence electrons. The summed E-state index contributed by atoms with van der Waals surface area (Å²) in [6, 6.07) is 3.97. The van der Waals surface area contributed by atoms with E-state index in [0.717, 1.165) is 18.2 Å². The Labute approximate surface area is 154 Å². The molecular formula is C15H12F3N3O7. The smallest absolute Gasteiger partial charge is 0.433 e. The van der Waals surface area contributed by atoms with Gasteiger partial charge in [0.15, 0.2) is 0 Å². The highest BCUT2D eigenvalue weighted by Gasteiger charge is 2.33. The predicted molar refractivity (Wildman–Crippen MR) is 86.8 cm³/mol. The number of anilines is 1. The minimum Gasteiger partial charge on any atom is -0.455 e. The normalized spacial score (nSPS) is 12.3. The lowest BCUT2D eigenvalue weighted by atomic mass is 10.1. The molecule has 0 aliphatic rings. The Morgan fingerprint density at radius 3 is 2.43 bits per heavy atom. The van der Waals surface area contributed by atoms with E-state index in [9.17, 15) is 38.2 Å². The summed E-state index contributed by atoms with van der Waals surface area (Å²) in [6.45, 7) is 1.22. The van der Waals surface area contributed by atoms with Gasteiger partial charge in [-0.25, -0.2) is 4.79 Å². The van der Waals surface area contributed by atoms with E-state index in [2.05, 4.69) is 9.73 Å². The first-order valence-corrected chi connectivity index (χ1v) is 7.53. The van der Waals surface area contributed by atoms with Gasteiger partial charge in [-0.2, -0.15) is 13.2 Å². The molecule has 1 N–H and O–H groups in total. The highest BCUT2D eigenvalue weighted by molar-refractivity contribution is 5.86. The summed E-state index contributed by atoms with van der Waals surface area (Å²) in [5.41, 5.74) is -2.17. The largest absolute Gasteiger partial charge is 0.455 e. The number of esters is 1. The quantitative estimate of drug-likeness (QED) is 0.419. The minimum absolute atomic E-state index is 0.180. The summed E-state index contributed by atoms with van der Waals surface area (Å²) >= 11 is 0. The molecule has 2 rings (SSSR count).